The molecule has 1 aliphatic carbocycles. The second-order valence-electron chi connectivity index (χ2n) is 8.71. The largest absolute Gasteiger partial charge is 0.465 e. The first-order valence-electron chi connectivity index (χ1n) is 11.0. The van der Waals surface area contributed by atoms with Gasteiger partial charge in [0.15, 0.2) is 0 Å². The van der Waals surface area contributed by atoms with E-state index < -0.39 is 0 Å². The zero-order chi connectivity index (χ0) is 21.1. The summed E-state index contributed by atoms with van der Waals surface area (Å²) in [6, 6.07) is 7.20. The average molecular weight is 414 g/mol. The van der Waals surface area contributed by atoms with Crippen LogP contribution >= 0.6 is 0 Å². The maximum Gasteiger partial charge on any atom is 0.337 e. The third-order valence-electron chi connectivity index (χ3n) is 6.96. The van der Waals surface area contributed by atoms with Crippen LogP contribution in [0.2, 0.25) is 0 Å². The Morgan fingerprint density at radius 1 is 1.10 bits per heavy atom. The Kier molecular flexibility index (Phi) is 6.09. The van der Waals surface area contributed by atoms with Gasteiger partial charge in [-0.2, -0.15) is 0 Å². The molecule has 2 aliphatic heterocycles. The minimum absolute atomic E-state index is 0.0825. The van der Waals surface area contributed by atoms with Crippen LogP contribution < -0.4 is 5.32 Å². The van der Waals surface area contributed by atoms with Crippen molar-refractivity contribution in [2.24, 2.45) is 5.92 Å². The van der Waals surface area contributed by atoms with Crippen LogP contribution in [0.25, 0.3) is 0 Å². The molecule has 1 aromatic rings. The van der Waals surface area contributed by atoms with Crippen LogP contribution in [-0.2, 0) is 20.9 Å². The molecule has 0 bridgehead atoms. The van der Waals surface area contributed by atoms with Gasteiger partial charge in [-0.3, -0.25) is 14.9 Å². The van der Waals surface area contributed by atoms with Gasteiger partial charge in [-0.15, -0.1) is 0 Å². The van der Waals surface area contributed by atoms with Gasteiger partial charge in [0, 0.05) is 38.4 Å². The van der Waals surface area contributed by atoms with Crippen LogP contribution in [0.15, 0.2) is 24.3 Å². The molecular formula is C23H31N3O4. The number of nitrogens with one attached hydrogen (secondary N) is 1. The number of esters is 1. The normalized spacial score (nSPS) is 21.8. The minimum atomic E-state index is -0.387. The standard InChI is InChI=1S/C23H31N3O4/c1-30-22(29)19-9-7-17(8-10-19)16-26-20(27)15-24-23(26)11-13-25(14-12-23)21(28)18-5-3-2-4-6-18/h7-10,18,24H,2-6,11-16H2,1H3. The molecule has 1 saturated carbocycles. The lowest BCUT2D eigenvalue weighted by Gasteiger charge is -2.45. The van der Waals surface area contributed by atoms with Crippen molar-refractivity contribution in [1.82, 2.24) is 15.1 Å². The number of ether oxygens (including phenoxy) is 1. The van der Waals surface area contributed by atoms with Crippen LogP contribution in [0.4, 0.5) is 0 Å². The van der Waals surface area contributed by atoms with Gasteiger partial charge in [0.1, 0.15) is 0 Å². The number of piperidine rings is 1. The van der Waals surface area contributed by atoms with E-state index in [1.54, 1.807) is 12.1 Å². The van der Waals surface area contributed by atoms with E-state index in [0.717, 1.165) is 44.1 Å². The molecule has 2 heterocycles. The van der Waals surface area contributed by atoms with Gasteiger partial charge in [0.05, 0.1) is 24.9 Å². The number of rotatable bonds is 4. The molecule has 3 aliphatic rings. The number of hydrogen-bond donors (Lipinski definition) is 1. The topological polar surface area (TPSA) is 79.0 Å². The zero-order valence-corrected chi connectivity index (χ0v) is 17.7. The SMILES string of the molecule is COC(=O)c1ccc(CN2C(=O)CNC23CCN(C(=O)C2CCCCC2)CC3)cc1. The van der Waals surface area contributed by atoms with E-state index >= 15 is 0 Å². The minimum Gasteiger partial charge on any atom is -0.465 e. The van der Waals surface area contributed by atoms with Crippen molar-refractivity contribution in [3.8, 4) is 0 Å². The second-order valence-corrected chi connectivity index (χ2v) is 8.71. The Morgan fingerprint density at radius 2 is 1.77 bits per heavy atom. The molecule has 7 heteroatoms. The first-order chi connectivity index (χ1) is 14.5. The number of methoxy groups -OCH3 is 1. The first-order valence-corrected chi connectivity index (χ1v) is 11.0. The maximum absolute atomic E-state index is 12.9. The summed E-state index contributed by atoms with van der Waals surface area (Å²) in [5, 5.41) is 3.43. The van der Waals surface area contributed by atoms with E-state index in [4.69, 9.17) is 4.74 Å². The van der Waals surface area contributed by atoms with Crippen LogP contribution in [0, 0.1) is 5.92 Å². The summed E-state index contributed by atoms with van der Waals surface area (Å²) >= 11 is 0. The molecule has 1 spiro atoms. The van der Waals surface area contributed by atoms with Gasteiger partial charge in [0.2, 0.25) is 11.8 Å². The summed E-state index contributed by atoms with van der Waals surface area (Å²) in [5.41, 5.74) is 1.08. The number of nitrogens with zero attached hydrogens (tertiary/aromatic N) is 2. The molecule has 3 fully saturated rings. The van der Waals surface area contributed by atoms with E-state index in [1.807, 2.05) is 21.9 Å². The van der Waals surface area contributed by atoms with Gasteiger partial charge >= 0.3 is 5.97 Å². The molecule has 0 atom stereocenters. The lowest BCUT2D eigenvalue weighted by atomic mass is 9.87. The molecule has 0 aromatic heterocycles. The summed E-state index contributed by atoms with van der Waals surface area (Å²) in [4.78, 5) is 41.1. The van der Waals surface area contributed by atoms with Crippen molar-refractivity contribution in [1.29, 1.82) is 0 Å². The third kappa shape index (κ3) is 4.08. The van der Waals surface area contributed by atoms with Crippen molar-refractivity contribution in [3.05, 3.63) is 35.4 Å². The summed E-state index contributed by atoms with van der Waals surface area (Å²) in [7, 11) is 1.36. The molecule has 7 nitrogen and oxygen atoms in total. The van der Waals surface area contributed by atoms with Gasteiger partial charge in [0.25, 0.3) is 0 Å². The number of carbonyl (C=O) groups excluding carboxylic acids is 3. The average Bonchev–Trinajstić information content (AvgIpc) is 3.09. The Hall–Kier alpha value is -2.41. The Labute approximate surface area is 177 Å². The maximum atomic E-state index is 12.9. The third-order valence-corrected chi connectivity index (χ3v) is 6.96. The number of carbonyl (C=O) groups is 3. The van der Waals surface area contributed by atoms with Crippen molar-refractivity contribution in [2.75, 3.05) is 26.7 Å². The summed E-state index contributed by atoms with van der Waals surface area (Å²) in [6.45, 7) is 2.20. The highest BCUT2D eigenvalue weighted by molar-refractivity contribution is 5.89. The predicted octanol–water partition coefficient (Wildman–Crippen LogP) is 2.30. The van der Waals surface area contributed by atoms with Crippen molar-refractivity contribution in [2.45, 2.75) is 57.2 Å². The number of benzene rings is 1. The predicted molar refractivity (Wildman–Crippen MR) is 111 cm³/mol. The van der Waals surface area contributed by atoms with E-state index in [-0.39, 0.29) is 23.5 Å². The van der Waals surface area contributed by atoms with Gasteiger partial charge in [-0.05, 0) is 30.5 Å². The highest BCUT2D eigenvalue weighted by Gasteiger charge is 2.47. The Balaban J connectivity index is 1.40. The van der Waals surface area contributed by atoms with Gasteiger partial charge in [-0.1, -0.05) is 31.4 Å². The van der Waals surface area contributed by atoms with E-state index in [2.05, 4.69) is 5.32 Å². The van der Waals surface area contributed by atoms with Crippen LogP contribution in [-0.4, -0.2) is 60.0 Å². The summed E-state index contributed by atoms with van der Waals surface area (Å²) in [6.07, 6.45) is 7.10. The van der Waals surface area contributed by atoms with Crippen LogP contribution in [0.3, 0.4) is 0 Å². The van der Waals surface area contributed by atoms with Crippen molar-refractivity contribution in [3.63, 3.8) is 0 Å². The fourth-order valence-electron chi connectivity index (χ4n) is 5.11. The van der Waals surface area contributed by atoms with Crippen LogP contribution in [0.5, 0.6) is 0 Å². The van der Waals surface area contributed by atoms with Crippen molar-refractivity contribution >= 4 is 17.8 Å². The molecule has 1 aromatic carbocycles. The Morgan fingerprint density at radius 3 is 2.40 bits per heavy atom. The molecule has 1 N–H and O–H groups in total. The molecule has 162 valence electrons. The lowest BCUT2D eigenvalue weighted by molar-refractivity contribution is -0.141. The summed E-state index contributed by atoms with van der Waals surface area (Å²) in [5.74, 6) is 0.209. The molecule has 2 saturated heterocycles. The molecule has 30 heavy (non-hydrogen) atoms. The smallest absolute Gasteiger partial charge is 0.337 e. The molecular weight excluding hydrogens is 382 g/mol. The van der Waals surface area contributed by atoms with Crippen molar-refractivity contribution < 1.29 is 19.1 Å². The van der Waals surface area contributed by atoms with Crippen LogP contribution in [0.1, 0.15) is 60.9 Å². The first kappa shape index (κ1) is 20.8. The van der Waals surface area contributed by atoms with Gasteiger partial charge in [-0.25, -0.2) is 4.79 Å². The van der Waals surface area contributed by atoms with E-state index in [9.17, 15) is 14.4 Å². The number of likely N-dealkylation sites (tertiary alicyclic amines) is 1. The Bertz CT molecular complexity index is 793. The highest BCUT2D eigenvalue weighted by atomic mass is 16.5. The van der Waals surface area contributed by atoms with E-state index in [1.165, 1.54) is 13.5 Å². The number of amides is 2. The fourth-order valence-corrected chi connectivity index (χ4v) is 5.11. The summed E-state index contributed by atoms with van der Waals surface area (Å²) < 4.78 is 4.74. The second kappa shape index (κ2) is 8.76. The molecule has 0 radical (unpaired) electrons. The molecule has 2 amide bonds. The zero-order valence-electron chi connectivity index (χ0n) is 17.7. The molecule has 4 rings (SSSR count). The number of hydrogen-bond acceptors (Lipinski definition) is 5. The van der Waals surface area contributed by atoms with E-state index in [0.29, 0.717) is 37.6 Å². The van der Waals surface area contributed by atoms with Gasteiger partial charge < -0.3 is 14.5 Å². The monoisotopic (exact) mass is 413 g/mol. The quantitative estimate of drug-likeness (QED) is 0.767. The fraction of sp³-hybridized carbons (Fsp3) is 0.609. The molecule has 0 unspecified atom stereocenters. The highest BCUT2D eigenvalue weighted by Crippen LogP contribution is 2.33. The lowest BCUT2D eigenvalue weighted by Crippen LogP contribution is -2.59.